The summed E-state index contributed by atoms with van der Waals surface area (Å²) >= 11 is 1.32. The first-order valence-electron chi connectivity index (χ1n) is 10.3. The Morgan fingerprint density at radius 3 is 2.58 bits per heavy atom. The van der Waals surface area contributed by atoms with Crippen LogP contribution in [0.1, 0.15) is 21.6 Å². The van der Waals surface area contributed by atoms with Gasteiger partial charge in [-0.1, -0.05) is 12.1 Å². The molecular weight excluding hydrogens is 453 g/mol. The number of rotatable bonds is 5. The van der Waals surface area contributed by atoms with Crippen molar-refractivity contribution < 1.29 is 22.7 Å². The van der Waals surface area contributed by atoms with Crippen LogP contribution >= 0.6 is 11.3 Å². The zero-order valence-electron chi connectivity index (χ0n) is 18.1. The minimum atomic E-state index is -4.38. The molecule has 0 radical (unpaired) electrons. The van der Waals surface area contributed by atoms with Crippen molar-refractivity contribution in [1.29, 1.82) is 0 Å². The van der Waals surface area contributed by atoms with Crippen LogP contribution in [0.4, 0.5) is 29.7 Å². The summed E-state index contributed by atoms with van der Waals surface area (Å²) in [5.74, 6) is 0.480. The minimum Gasteiger partial charge on any atom is -0.495 e. The summed E-state index contributed by atoms with van der Waals surface area (Å²) < 4.78 is 44.4. The molecule has 0 spiro atoms. The number of aryl methyl sites for hydroxylation is 1. The third-order valence-corrected chi connectivity index (χ3v) is 6.18. The Balaban J connectivity index is 1.39. The highest BCUT2D eigenvalue weighted by molar-refractivity contribution is 7.14. The van der Waals surface area contributed by atoms with E-state index in [1.165, 1.54) is 17.4 Å². The predicted octanol–water partition coefficient (Wildman–Crippen LogP) is 5.18. The number of anilines is 3. The summed E-state index contributed by atoms with van der Waals surface area (Å²) in [6.07, 6.45) is -4.38. The predicted molar refractivity (Wildman–Crippen MR) is 123 cm³/mol. The van der Waals surface area contributed by atoms with Crippen LogP contribution in [0.5, 0.6) is 5.75 Å². The summed E-state index contributed by atoms with van der Waals surface area (Å²) in [5.41, 5.74) is 1.99. The third-order valence-electron chi connectivity index (χ3n) is 5.43. The molecular formula is C23H23F3N4O2S. The van der Waals surface area contributed by atoms with Gasteiger partial charge in [0.25, 0.3) is 5.91 Å². The monoisotopic (exact) mass is 476 g/mol. The standard InChI is InChI=1S/C23H23F3N4O2S/c1-15-6-7-20(32-2)18(12-15)27-22-28-19(14-33-22)21(31)30-10-8-29(9-11-30)17-5-3-4-16(13-17)23(24,25)26/h3-7,12-14H,8-11H2,1-2H3,(H,27,28). The van der Waals surface area contributed by atoms with Gasteiger partial charge < -0.3 is 19.9 Å². The number of carbonyl (C=O) groups is 1. The summed E-state index contributed by atoms with van der Waals surface area (Å²) in [5, 5.41) is 5.47. The van der Waals surface area contributed by atoms with E-state index in [0.717, 1.165) is 23.4 Å². The van der Waals surface area contributed by atoms with Crippen molar-refractivity contribution >= 4 is 33.8 Å². The fourth-order valence-electron chi connectivity index (χ4n) is 3.67. The van der Waals surface area contributed by atoms with Crippen LogP contribution < -0.4 is 15.0 Å². The van der Waals surface area contributed by atoms with Gasteiger partial charge in [0.15, 0.2) is 5.13 Å². The SMILES string of the molecule is COc1ccc(C)cc1Nc1nc(C(=O)N2CCN(c3cccc(C(F)(F)F)c3)CC2)cs1. The lowest BCUT2D eigenvalue weighted by molar-refractivity contribution is -0.137. The largest absolute Gasteiger partial charge is 0.495 e. The van der Waals surface area contributed by atoms with E-state index in [2.05, 4.69) is 10.3 Å². The number of ether oxygens (including phenoxy) is 1. The van der Waals surface area contributed by atoms with Gasteiger partial charge in [-0.15, -0.1) is 11.3 Å². The van der Waals surface area contributed by atoms with Gasteiger partial charge in [-0.25, -0.2) is 4.98 Å². The molecule has 10 heteroatoms. The van der Waals surface area contributed by atoms with Crippen molar-refractivity contribution in [2.45, 2.75) is 13.1 Å². The molecule has 1 aromatic heterocycles. The first-order chi connectivity index (χ1) is 15.7. The Labute approximate surface area is 193 Å². The zero-order valence-corrected chi connectivity index (χ0v) is 19.0. The second-order valence-corrected chi connectivity index (χ2v) is 8.55. The molecule has 0 aliphatic carbocycles. The fourth-order valence-corrected chi connectivity index (χ4v) is 4.37. The second-order valence-electron chi connectivity index (χ2n) is 7.69. The molecule has 0 atom stereocenters. The number of hydrogen-bond donors (Lipinski definition) is 1. The van der Waals surface area contributed by atoms with Gasteiger partial charge in [0, 0.05) is 37.2 Å². The van der Waals surface area contributed by atoms with Gasteiger partial charge in [0.1, 0.15) is 11.4 Å². The van der Waals surface area contributed by atoms with Crippen LogP contribution in [-0.2, 0) is 6.18 Å². The van der Waals surface area contributed by atoms with E-state index in [0.29, 0.717) is 48.4 Å². The van der Waals surface area contributed by atoms with E-state index in [1.807, 2.05) is 30.0 Å². The Morgan fingerprint density at radius 2 is 1.88 bits per heavy atom. The maximum atomic E-state index is 13.0. The van der Waals surface area contributed by atoms with Crippen molar-refractivity contribution in [3.63, 3.8) is 0 Å². The van der Waals surface area contributed by atoms with E-state index >= 15 is 0 Å². The van der Waals surface area contributed by atoms with Gasteiger partial charge in [-0.2, -0.15) is 13.2 Å². The number of halogens is 3. The van der Waals surface area contributed by atoms with Crippen molar-refractivity contribution in [1.82, 2.24) is 9.88 Å². The number of aromatic nitrogens is 1. The Bertz CT molecular complexity index is 1140. The number of thiazole rings is 1. The van der Waals surface area contributed by atoms with Gasteiger partial charge in [-0.05, 0) is 42.8 Å². The first kappa shape index (κ1) is 22.9. The fraction of sp³-hybridized carbons (Fsp3) is 0.304. The molecule has 6 nitrogen and oxygen atoms in total. The summed E-state index contributed by atoms with van der Waals surface area (Å²) in [6.45, 7) is 3.67. The van der Waals surface area contributed by atoms with Crippen molar-refractivity contribution in [2.24, 2.45) is 0 Å². The number of benzene rings is 2. The molecule has 2 aromatic carbocycles. The van der Waals surface area contributed by atoms with Gasteiger partial charge in [0.2, 0.25) is 0 Å². The molecule has 1 fully saturated rings. The minimum absolute atomic E-state index is 0.195. The van der Waals surface area contributed by atoms with E-state index < -0.39 is 11.7 Å². The number of nitrogens with one attached hydrogen (secondary N) is 1. The topological polar surface area (TPSA) is 57.7 Å². The molecule has 33 heavy (non-hydrogen) atoms. The quantitative estimate of drug-likeness (QED) is 0.550. The number of methoxy groups -OCH3 is 1. The number of amides is 1. The smallest absolute Gasteiger partial charge is 0.416 e. The van der Waals surface area contributed by atoms with Crippen molar-refractivity contribution in [2.75, 3.05) is 43.5 Å². The lowest BCUT2D eigenvalue weighted by Crippen LogP contribution is -2.48. The molecule has 0 unspecified atom stereocenters. The van der Waals surface area contributed by atoms with E-state index in [-0.39, 0.29) is 5.91 Å². The number of carbonyl (C=O) groups excluding carboxylic acids is 1. The maximum Gasteiger partial charge on any atom is 0.416 e. The molecule has 3 aromatic rings. The molecule has 2 heterocycles. The van der Waals surface area contributed by atoms with Crippen LogP contribution in [0, 0.1) is 6.92 Å². The summed E-state index contributed by atoms with van der Waals surface area (Å²) in [7, 11) is 1.59. The molecule has 1 saturated heterocycles. The van der Waals surface area contributed by atoms with Gasteiger partial charge in [-0.3, -0.25) is 4.79 Å². The molecule has 1 amide bonds. The van der Waals surface area contributed by atoms with Crippen LogP contribution in [0.3, 0.4) is 0 Å². The van der Waals surface area contributed by atoms with Gasteiger partial charge >= 0.3 is 6.18 Å². The molecule has 1 N–H and O–H groups in total. The zero-order chi connectivity index (χ0) is 23.6. The average Bonchev–Trinajstić information content (AvgIpc) is 3.27. The molecule has 0 saturated carbocycles. The summed E-state index contributed by atoms with van der Waals surface area (Å²) in [4.78, 5) is 20.9. The van der Waals surface area contributed by atoms with Crippen LogP contribution in [-0.4, -0.2) is 49.1 Å². The van der Waals surface area contributed by atoms with E-state index in [4.69, 9.17) is 4.74 Å². The van der Waals surface area contributed by atoms with Crippen molar-refractivity contribution in [3.05, 3.63) is 64.7 Å². The number of alkyl halides is 3. The van der Waals surface area contributed by atoms with Crippen LogP contribution in [0.15, 0.2) is 47.8 Å². The Morgan fingerprint density at radius 1 is 1.12 bits per heavy atom. The normalized spacial score (nSPS) is 14.3. The second kappa shape index (κ2) is 9.30. The Kier molecular flexibility index (Phi) is 6.46. The lowest BCUT2D eigenvalue weighted by atomic mass is 10.1. The molecule has 1 aliphatic rings. The molecule has 0 bridgehead atoms. The number of hydrogen-bond acceptors (Lipinski definition) is 6. The highest BCUT2D eigenvalue weighted by Gasteiger charge is 2.31. The average molecular weight is 477 g/mol. The van der Waals surface area contributed by atoms with Crippen molar-refractivity contribution in [3.8, 4) is 5.75 Å². The number of piperazine rings is 1. The first-order valence-corrected chi connectivity index (χ1v) is 11.2. The molecule has 4 rings (SSSR count). The summed E-state index contributed by atoms with van der Waals surface area (Å²) in [6, 6.07) is 11.0. The van der Waals surface area contributed by atoms with Crippen LogP contribution in [0.25, 0.3) is 0 Å². The highest BCUT2D eigenvalue weighted by Crippen LogP contribution is 2.32. The highest BCUT2D eigenvalue weighted by atomic mass is 32.1. The van der Waals surface area contributed by atoms with Crippen LogP contribution in [0.2, 0.25) is 0 Å². The lowest BCUT2D eigenvalue weighted by Gasteiger charge is -2.36. The number of nitrogens with zero attached hydrogens (tertiary/aromatic N) is 3. The van der Waals surface area contributed by atoms with E-state index in [1.54, 1.807) is 23.5 Å². The van der Waals surface area contributed by atoms with Gasteiger partial charge in [0.05, 0.1) is 18.4 Å². The molecule has 1 aliphatic heterocycles. The Hall–Kier alpha value is -3.27. The van der Waals surface area contributed by atoms with E-state index in [9.17, 15) is 18.0 Å². The molecule has 174 valence electrons. The third kappa shape index (κ3) is 5.22. The maximum absolute atomic E-state index is 13.0.